The van der Waals surface area contributed by atoms with E-state index in [0.717, 1.165) is 17.3 Å². The molecule has 2 aliphatic heterocycles. The zero-order valence-corrected chi connectivity index (χ0v) is 13.0. The lowest BCUT2D eigenvalue weighted by Crippen LogP contribution is -2.21. The fourth-order valence-corrected chi connectivity index (χ4v) is 5.16. The molecule has 3 nitrogen and oxygen atoms in total. The lowest BCUT2D eigenvalue weighted by Gasteiger charge is -2.10. The maximum absolute atomic E-state index is 11.4. The summed E-state index contributed by atoms with van der Waals surface area (Å²) in [6.07, 6.45) is 0.198. The number of benzene rings is 2. The molecule has 2 aromatic rings. The molecule has 4 heteroatoms. The highest BCUT2D eigenvalue weighted by molar-refractivity contribution is 7.95. The average Bonchev–Trinajstić information content (AvgIpc) is 3.15. The van der Waals surface area contributed by atoms with Gasteiger partial charge in [-0.3, -0.25) is 0 Å². The fourth-order valence-electron chi connectivity index (χ4n) is 2.89. The van der Waals surface area contributed by atoms with Crippen LogP contribution in [0.2, 0.25) is 0 Å². The van der Waals surface area contributed by atoms with E-state index in [0.29, 0.717) is 13.0 Å². The smallest absolute Gasteiger partial charge is 0.347 e. The number of fused-ring (bicyclic) bond motifs is 1. The van der Waals surface area contributed by atoms with Crippen molar-refractivity contribution < 1.29 is 14.3 Å². The predicted octanol–water partition coefficient (Wildman–Crippen LogP) is 3.07. The molecule has 2 aromatic carbocycles. The van der Waals surface area contributed by atoms with E-state index in [1.807, 2.05) is 12.1 Å². The van der Waals surface area contributed by atoms with Crippen LogP contribution in [0.5, 0.6) is 5.75 Å². The molecule has 0 aromatic heterocycles. The number of ether oxygens (including phenoxy) is 2. The van der Waals surface area contributed by atoms with Gasteiger partial charge in [0, 0.05) is 28.4 Å². The molecule has 112 valence electrons. The molecule has 0 spiro atoms. The second-order valence-corrected chi connectivity index (χ2v) is 7.62. The first kappa shape index (κ1) is 13.7. The first-order valence-corrected chi connectivity index (χ1v) is 9.03. The largest absolute Gasteiger partial charge is 0.479 e. The molecule has 1 fully saturated rings. The van der Waals surface area contributed by atoms with Crippen LogP contribution >= 0.6 is 0 Å². The quantitative estimate of drug-likeness (QED) is 0.645. The Morgan fingerprint density at radius 2 is 1.68 bits per heavy atom. The predicted molar refractivity (Wildman–Crippen MR) is 85.9 cm³/mol. The molecule has 0 bridgehead atoms. The van der Waals surface area contributed by atoms with Crippen molar-refractivity contribution in [2.75, 3.05) is 6.61 Å². The Balaban J connectivity index is 1.45. The highest BCUT2D eigenvalue weighted by Crippen LogP contribution is 2.32. The molecule has 0 radical (unpaired) electrons. The third kappa shape index (κ3) is 2.59. The Hall–Kier alpha value is -1.94. The zero-order chi connectivity index (χ0) is 14.9. The summed E-state index contributed by atoms with van der Waals surface area (Å²) >= 11 is 0. The van der Waals surface area contributed by atoms with E-state index in [2.05, 4.69) is 36.4 Å². The maximum atomic E-state index is 11.4. The summed E-state index contributed by atoms with van der Waals surface area (Å²) in [5, 5.41) is 0. The SMILES string of the molecule is O=C1OCCC1Oc1ccc([S+]2Cc3ccccc3C2)cc1. The van der Waals surface area contributed by atoms with E-state index in [1.54, 1.807) is 0 Å². The molecular weight excluding hydrogens is 296 g/mol. The van der Waals surface area contributed by atoms with Gasteiger partial charge in [0.2, 0.25) is 0 Å². The van der Waals surface area contributed by atoms with Gasteiger partial charge < -0.3 is 9.47 Å². The lowest BCUT2D eigenvalue weighted by molar-refractivity contribution is -0.143. The number of hydrogen-bond donors (Lipinski definition) is 0. The van der Waals surface area contributed by atoms with Crippen LogP contribution in [0.3, 0.4) is 0 Å². The van der Waals surface area contributed by atoms with Gasteiger partial charge in [-0.05, 0) is 24.3 Å². The third-order valence-corrected chi connectivity index (χ3v) is 6.36. The molecule has 1 saturated heterocycles. The molecule has 0 saturated carbocycles. The van der Waals surface area contributed by atoms with Crippen LogP contribution in [0, 0.1) is 0 Å². The number of carbonyl (C=O) groups is 1. The van der Waals surface area contributed by atoms with Crippen molar-refractivity contribution in [2.24, 2.45) is 0 Å². The van der Waals surface area contributed by atoms with E-state index >= 15 is 0 Å². The topological polar surface area (TPSA) is 35.5 Å². The molecule has 0 N–H and O–H groups in total. The molecule has 1 unspecified atom stereocenters. The van der Waals surface area contributed by atoms with Crippen LogP contribution in [0.4, 0.5) is 0 Å². The zero-order valence-electron chi connectivity index (χ0n) is 12.2. The third-order valence-electron chi connectivity index (χ3n) is 4.10. The van der Waals surface area contributed by atoms with Gasteiger partial charge in [-0.15, -0.1) is 0 Å². The average molecular weight is 313 g/mol. The van der Waals surface area contributed by atoms with E-state index in [9.17, 15) is 4.79 Å². The summed E-state index contributed by atoms with van der Waals surface area (Å²) in [6, 6.07) is 16.9. The molecule has 2 heterocycles. The Kier molecular flexibility index (Phi) is 3.54. The summed E-state index contributed by atoms with van der Waals surface area (Å²) < 4.78 is 10.6. The van der Waals surface area contributed by atoms with Gasteiger partial charge in [0.1, 0.15) is 17.3 Å². The van der Waals surface area contributed by atoms with Gasteiger partial charge in [0.05, 0.1) is 6.61 Å². The standard InChI is InChI=1S/C18H17O3S/c19-18-17(9-10-20-18)21-15-5-7-16(8-6-15)22-11-13-3-1-2-4-14(13)12-22/h1-8,17H,9-12H2/q+1. The minimum absolute atomic E-state index is 0.246. The Morgan fingerprint density at radius 3 is 2.27 bits per heavy atom. The molecule has 0 amide bonds. The normalized spacial score (nSPS) is 20.7. The van der Waals surface area contributed by atoms with Gasteiger partial charge in [0.15, 0.2) is 11.0 Å². The Labute approximate surface area is 132 Å². The maximum Gasteiger partial charge on any atom is 0.347 e. The van der Waals surface area contributed by atoms with Crippen LogP contribution in [0.1, 0.15) is 17.5 Å². The number of cyclic esters (lactones) is 1. The molecule has 2 aliphatic rings. The summed E-state index contributed by atoms with van der Waals surface area (Å²) in [7, 11) is 0.246. The van der Waals surface area contributed by atoms with Crippen molar-refractivity contribution in [2.45, 2.75) is 28.9 Å². The highest BCUT2D eigenvalue weighted by Gasteiger charge is 2.32. The Bertz CT molecular complexity index is 671. The molecule has 1 atom stereocenters. The number of carbonyl (C=O) groups excluding carboxylic acids is 1. The number of hydrogen-bond acceptors (Lipinski definition) is 3. The minimum atomic E-state index is -0.441. The first-order valence-electron chi connectivity index (χ1n) is 7.47. The van der Waals surface area contributed by atoms with Crippen LogP contribution in [0.15, 0.2) is 53.4 Å². The first-order chi connectivity index (χ1) is 10.8. The van der Waals surface area contributed by atoms with Crippen LogP contribution in [-0.2, 0) is 31.9 Å². The van der Waals surface area contributed by atoms with Gasteiger partial charge in [-0.2, -0.15) is 0 Å². The van der Waals surface area contributed by atoms with Crippen molar-refractivity contribution >= 4 is 16.9 Å². The van der Waals surface area contributed by atoms with Crippen molar-refractivity contribution in [1.82, 2.24) is 0 Å². The molecular formula is C18H17O3S+. The van der Waals surface area contributed by atoms with E-state index in [1.165, 1.54) is 16.0 Å². The van der Waals surface area contributed by atoms with Gasteiger partial charge in [-0.25, -0.2) is 4.79 Å². The number of esters is 1. The molecule has 0 aliphatic carbocycles. The summed E-state index contributed by atoms with van der Waals surface area (Å²) in [4.78, 5) is 12.8. The number of rotatable bonds is 3. The van der Waals surface area contributed by atoms with Crippen molar-refractivity contribution in [3.8, 4) is 5.75 Å². The van der Waals surface area contributed by atoms with E-state index in [-0.39, 0.29) is 16.9 Å². The van der Waals surface area contributed by atoms with Gasteiger partial charge in [-0.1, -0.05) is 24.3 Å². The Morgan fingerprint density at radius 1 is 1.00 bits per heavy atom. The van der Waals surface area contributed by atoms with Gasteiger partial charge in [0.25, 0.3) is 0 Å². The molecule has 22 heavy (non-hydrogen) atoms. The van der Waals surface area contributed by atoms with Crippen molar-refractivity contribution in [3.63, 3.8) is 0 Å². The summed E-state index contributed by atoms with van der Waals surface area (Å²) in [5.41, 5.74) is 2.94. The van der Waals surface area contributed by atoms with E-state index in [4.69, 9.17) is 9.47 Å². The van der Waals surface area contributed by atoms with Crippen LogP contribution in [0.25, 0.3) is 0 Å². The minimum Gasteiger partial charge on any atom is -0.479 e. The van der Waals surface area contributed by atoms with Crippen molar-refractivity contribution in [3.05, 3.63) is 59.7 Å². The van der Waals surface area contributed by atoms with Gasteiger partial charge >= 0.3 is 5.97 Å². The van der Waals surface area contributed by atoms with Crippen LogP contribution < -0.4 is 4.74 Å². The second kappa shape index (κ2) is 5.69. The lowest BCUT2D eigenvalue weighted by atomic mass is 10.1. The monoisotopic (exact) mass is 313 g/mol. The highest BCUT2D eigenvalue weighted by atomic mass is 32.2. The van der Waals surface area contributed by atoms with Crippen molar-refractivity contribution in [1.29, 1.82) is 0 Å². The molecule has 4 rings (SSSR count). The van der Waals surface area contributed by atoms with Crippen LogP contribution in [-0.4, -0.2) is 18.7 Å². The second-order valence-electron chi connectivity index (χ2n) is 5.58. The summed E-state index contributed by atoms with van der Waals surface area (Å²) in [6.45, 7) is 0.462. The fraction of sp³-hybridized carbons (Fsp3) is 0.278. The van der Waals surface area contributed by atoms with E-state index < -0.39 is 6.10 Å². The summed E-state index contributed by atoms with van der Waals surface area (Å²) in [5.74, 6) is 2.75.